The lowest BCUT2D eigenvalue weighted by Gasteiger charge is -2.49. The van der Waals surface area contributed by atoms with E-state index in [1.165, 1.54) is 30.5 Å². The average molecular weight is 431 g/mol. The van der Waals surface area contributed by atoms with Crippen molar-refractivity contribution in [2.45, 2.75) is 31.2 Å². The molecule has 4 rings (SSSR count). The average Bonchev–Trinajstić information content (AvgIpc) is 2.71. The molecule has 162 valence electrons. The largest absolute Gasteiger partial charge is 0.507 e. The summed E-state index contributed by atoms with van der Waals surface area (Å²) >= 11 is 0. The number of primary amides is 1. The van der Waals surface area contributed by atoms with Crippen molar-refractivity contribution in [1.82, 2.24) is 10.2 Å². The van der Waals surface area contributed by atoms with E-state index >= 15 is 0 Å². The fourth-order valence-electron chi connectivity index (χ4n) is 4.09. The minimum absolute atomic E-state index is 0.0509. The molecule has 4 N–H and O–H groups in total. The van der Waals surface area contributed by atoms with E-state index in [1.54, 1.807) is 0 Å². The molecule has 1 aromatic heterocycles. The van der Waals surface area contributed by atoms with Gasteiger partial charge in [0.05, 0.1) is 17.3 Å². The van der Waals surface area contributed by atoms with Gasteiger partial charge >= 0.3 is 0 Å². The molecule has 1 fully saturated rings. The number of nitrogens with two attached hydrogens (primary N) is 1. The fourth-order valence-corrected chi connectivity index (χ4v) is 4.09. The van der Waals surface area contributed by atoms with Gasteiger partial charge in [0.1, 0.15) is 29.7 Å². The molecule has 0 spiro atoms. The highest BCUT2D eigenvalue weighted by atomic mass is 19.1. The number of nitrogens with zero attached hydrogens (tertiary/aromatic N) is 3. The molecule has 2 atom stereocenters. The number of nitrogens with one attached hydrogen (secondary N) is 1. The third-order valence-corrected chi connectivity index (χ3v) is 5.73. The number of carbonyl (C=O) groups excluding carboxylic acids is 1. The van der Waals surface area contributed by atoms with Gasteiger partial charge in [0, 0.05) is 29.8 Å². The Hall–Kier alpha value is -3.43. The first kappa shape index (κ1) is 20.8. The van der Waals surface area contributed by atoms with Crippen LogP contribution >= 0.6 is 0 Å². The van der Waals surface area contributed by atoms with Crippen LogP contribution in [0.2, 0.25) is 0 Å². The van der Waals surface area contributed by atoms with Crippen LogP contribution in [-0.2, 0) is 0 Å². The van der Waals surface area contributed by atoms with E-state index in [1.807, 2.05) is 0 Å². The number of hydrogen-bond acceptors (Lipinski definition) is 6. The summed E-state index contributed by atoms with van der Waals surface area (Å²) in [4.78, 5) is 15.6. The molecule has 2 aliphatic rings. The maximum Gasteiger partial charge on any atom is 0.252 e. The van der Waals surface area contributed by atoms with Crippen molar-refractivity contribution in [2.75, 3.05) is 11.9 Å². The number of aliphatic imine (C=N–C) groups is 1. The van der Waals surface area contributed by atoms with Crippen molar-refractivity contribution >= 4 is 17.9 Å². The monoisotopic (exact) mass is 431 g/mol. The summed E-state index contributed by atoms with van der Waals surface area (Å²) in [6.07, 6.45) is 2.56. The Morgan fingerprint density at radius 1 is 1.26 bits per heavy atom. The lowest BCUT2D eigenvalue weighted by Crippen LogP contribution is -2.54. The van der Waals surface area contributed by atoms with Crippen molar-refractivity contribution in [3.8, 4) is 17.0 Å². The smallest absolute Gasteiger partial charge is 0.252 e. The number of halogens is 3. The van der Waals surface area contributed by atoms with E-state index in [4.69, 9.17) is 5.73 Å². The number of hydrogen-bond donors (Lipinski definition) is 3. The SMILES string of the molecule is NC(=O)c1cc(-c2ccc(NCC3(C4N=CC=CC4F)CC(F)C3)nn2)c(F)cc1O. The second-order valence-corrected chi connectivity index (χ2v) is 7.81. The Bertz CT molecular complexity index is 1050. The second-order valence-electron chi connectivity index (χ2n) is 7.81. The van der Waals surface area contributed by atoms with E-state index in [2.05, 4.69) is 20.5 Å². The zero-order chi connectivity index (χ0) is 22.2. The number of aromatic hydroxyl groups is 1. The van der Waals surface area contributed by atoms with Crippen LogP contribution in [-0.4, -0.2) is 52.4 Å². The molecule has 1 aliphatic heterocycles. The molecule has 1 amide bonds. The summed E-state index contributed by atoms with van der Waals surface area (Å²) in [7, 11) is 0. The highest BCUT2D eigenvalue weighted by Crippen LogP contribution is 2.49. The molecule has 0 saturated heterocycles. The zero-order valence-corrected chi connectivity index (χ0v) is 16.3. The van der Waals surface area contributed by atoms with E-state index in [9.17, 15) is 23.1 Å². The predicted octanol–water partition coefficient (Wildman–Crippen LogP) is 2.96. The van der Waals surface area contributed by atoms with Crippen molar-refractivity contribution in [2.24, 2.45) is 16.1 Å². The van der Waals surface area contributed by atoms with Gasteiger partial charge in [-0.1, -0.05) is 0 Å². The number of alkyl halides is 2. The Kier molecular flexibility index (Phi) is 5.38. The number of benzene rings is 1. The minimum atomic E-state index is -1.29. The molecule has 0 bridgehead atoms. The molecule has 1 aliphatic carbocycles. The van der Waals surface area contributed by atoms with Gasteiger partial charge in [-0.25, -0.2) is 13.2 Å². The van der Waals surface area contributed by atoms with Crippen LogP contribution in [0.5, 0.6) is 5.75 Å². The van der Waals surface area contributed by atoms with E-state index in [0.29, 0.717) is 5.82 Å². The maximum atomic E-state index is 14.3. The van der Waals surface area contributed by atoms with Crippen molar-refractivity contribution in [3.05, 3.63) is 47.8 Å². The first-order valence-corrected chi connectivity index (χ1v) is 9.67. The molecule has 2 unspecified atom stereocenters. The molecule has 1 saturated carbocycles. The van der Waals surface area contributed by atoms with Crippen LogP contribution in [0.15, 0.2) is 41.4 Å². The topological polar surface area (TPSA) is 113 Å². The van der Waals surface area contributed by atoms with Gasteiger partial charge in [0.25, 0.3) is 5.91 Å². The number of phenols is 1. The van der Waals surface area contributed by atoms with Gasteiger partial charge in [0.15, 0.2) is 0 Å². The van der Waals surface area contributed by atoms with Crippen LogP contribution in [0.3, 0.4) is 0 Å². The maximum absolute atomic E-state index is 14.3. The van der Waals surface area contributed by atoms with Gasteiger partial charge in [-0.05, 0) is 43.2 Å². The summed E-state index contributed by atoms with van der Waals surface area (Å²) in [5, 5.41) is 20.6. The van der Waals surface area contributed by atoms with E-state index in [-0.39, 0.29) is 36.2 Å². The van der Waals surface area contributed by atoms with Gasteiger partial charge < -0.3 is 16.2 Å². The number of amides is 1. The Morgan fingerprint density at radius 3 is 2.65 bits per heavy atom. The number of aromatic nitrogens is 2. The Labute approximate surface area is 175 Å². The highest BCUT2D eigenvalue weighted by Gasteiger charge is 2.52. The molecule has 7 nitrogen and oxygen atoms in total. The van der Waals surface area contributed by atoms with Crippen molar-refractivity contribution in [3.63, 3.8) is 0 Å². The summed E-state index contributed by atoms with van der Waals surface area (Å²) < 4.78 is 42.3. The number of dihydropyridines is 1. The molecular formula is C21H20F3N5O2. The van der Waals surface area contributed by atoms with Gasteiger partial charge in [-0.3, -0.25) is 9.79 Å². The zero-order valence-electron chi connectivity index (χ0n) is 16.3. The fraction of sp³-hybridized carbons (Fsp3) is 0.333. The van der Waals surface area contributed by atoms with Crippen LogP contribution in [0.1, 0.15) is 23.2 Å². The molecule has 0 radical (unpaired) electrons. The molecule has 2 heterocycles. The van der Waals surface area contributed by atoms with Crippen molar-refractivity contribution in [1.29, 1.82) is 0 Å². The van der Waals surface area contributed by atoms with Gasteiger partial charge in [-0.15, -0.1) is 10.2 Å². The van der Waals surface area contributed by atoms with E-state index < -0.39 is 41.3 Å². The van der Waals surface area contributed by atoms with Crippen molar-refractivity contribution < 1.29 is 23.1 Å². The number of rotatable bonds is 6. The number of carbonyl (C=O) groups is 1. The quantitative estimate of drug-likeness (QED) is 0.651. The normalized spacial score (nSPS) is 27.0. The summed E-state index contributed by atoms with van der Waals surface area (Å²) in [5.74, 6) is -1.93. The van der Waals surface area contributed by atoms with Gasteiger partial charge in [0.2, 0.25) is 0 Å². The molecule has 10 heteroatoms. The molecule has 1 aromatic carbocycles. The number of allylic oxidation sites excluding steroid dienone is 1. The summed E-state index contributed by atoms with van der Waals surface area (Å²) in [6.45, 7) is 0.247. The first-order valence-electron chi connectivity index (χ1n) is 9.67. The minimum Gasteiger partial charge on any atom is -0.507 e. The third-order valence-electron chi connectivity index (χ3n) is 5.73. The predicted molar refractivity (Wildman–Crippen MR) is 109 cm³/mol. The molecule has 31 heavy (non-hydrogen) atoms. The van der Waals surface area contributed by atoms with Crippen LogP contribution in [0, 0.1) is 11.2 Å². The lowest BCUT2D eigenvalue weighted by molar-refractivity contribution is -0.00199. The van der Waals surface area contributed by atoms with Crippen LogP contribution in [0.25, 0.3) is 11.3 Å². The highest BCUT2D eigenvalue weighted by molar-refractivity contribution is 5.96. The molecular weight excluding hydrogens is 411 g/mol. The van der Waals surface area contributed by atoms with Crippen LogP contribution < -0.4 is 11.1 Å². The summed E-state index contributed by atoms with van der Waals surface area (Å²) in [5.41, 5.74) is 4.33. The second kappa shape index (κ2) is 8.01. The third kappa shape index (κ3) is 3.97. The van der Waals surface area contributed by atoms with Crippen LogP contribution in [0.4, 0.5) is 19.0 Å². The Balaban J connectivity index is 1.50. The standard InChI is InChI=1S/C21H20F3N5O2/c22-11-8-21(9-11,19-14(23)2-1-5-26-19)10-27-18-4-3-16(28-29-18)12-6-13(20(25)31)17(30)7-15(12)24/h1-7,11,14,19,30H,8-10H2,(H2,25,31)(H,27,29). The first-order chi connectivity index (χ1) is 14.8. The molecule has 2 aromatic rings. The summed E-state index contributed by atoms with van der Waals surface area (Å²) in [6, 6.07) is 4.21. The number of anilines is 1. The Morgan fingerprint density at radius 2 is 2.03 bits per heavy atom. The lowest BCUT2D eigenvalue weighted by atomic mass is 9.61. The van der Waals surface area contributed by atoms with Gasteiger partial charge in [-0.2, -0.15) is 0 Å². The van der Waals surface area contributed by atoms with E-state index in [0.717, 1.165) is 12.1 Å².